The van der Waals surface area contributed by atoms with E-state index >= 15 is 0 Å². The Morgan fingerprint density at radius 3 is 2.53 bits per heavy atom. The van der Waals surface area contributed by atoms with E-state index in [0.29, 0.717) is 4.47 Å². The Kier molecular flexibility index (Phi) is 6.38. The summed E-state index contributed by atoms with van der Waals surface area (Å²) in [6, 6.07) is 1.47. The van der Waals surface area contributed by atoms with Gasteiger partial charge in [-0.05, 0) is 27.9 Å². The Bertz CT molecular complexity index is 503. The number of pyridine rings is 1. The van der Waals surface area contributed by atoms with Gasteiger partial charge in [0.1, 0.15) is 4.90 Å². The van der Waals surface area contributed by atoms with Crippen molar-refractivity contribution in [3.63, 3.8) is 0 Å². The van der Waals surface area contributed by atoms with Gasteiger partial charge in [0.25, 0.3) is 0 Å². The molecule has 0 aliphatic carbocycles. The van der Waals surface area contributed by atoms with Gasteiger partial charge in [-0.3, -0.25) is 4.98 Å². The van der Waals surface area contributed by atoms with Crippen LogP contribution in [0.15, 0.2) is 27.8 Å². The van der Waals surface area contributed by atoms with Gasteiger partial charge in [-0.25, -0.2) is 13.1 Å². The summed E-state index contributed by atoms with van der Waals surface area (Å²) in [6.07, 6.45) is 3.74. The second-order valence-electron chi connectivity index (χ2n) is 4.33. The number of sulfonamides is 1. The van der Waals surface area contributed by atoms with Crippen LogP contribution >= 0.6 is 15.9 Å². The van der Waals surface area contributed by atoms with Gasteiger partial charge in [0.05, 0.1) is 6.10 Å². The first kappa shape index (κ1) is 16.6. The molecule has 1 aromatic heterocycles. The van der Waals surface area contributed by atoms with Crippen LogP contribution in [0.1, 0.15) is 26.7 Å². The highest BCUT2D eigenvalue weighted by Gasteiger charge is 2.20. The molecule has 7 heteroatoms. The summed E-state index contributed by atoms with van der Waals surface area (Å²) in [5.74, 6) is 0.100. The number of halogens is 1. The molecule has 0 saturated carbocycles. The maximum absolute atomic E-state index is 12.0. The van der Waals surface area contributed by atoms with Crippen LogP contribution in [0.5, 0.6) is 0 Å². The molecule has 5 nitrogen and oxygen atoms in total. The zero-order chi connectivity index (χ0) is 14.5. The predicted octanol–water partition coefficient (Wildman–Crippen LogP) is 1.92. The van der Waals surface area contributed by atoms with Crippen molar-refractivity contribution in [2.75, 3.05) is 6.54 Å². The molecule has 1 rings (SSSR count). The summed E-state index contributed by atoms with van der Waals surface area (Å²) in [4.78, 5) is 3.90. The lowest BCUT2D eigenvalue weighted by Crippen LogP contribution is -2.36. The van der Waals surface area contributed by atoms with Gasteiger partial charge in [0.15, 0.2) is 0 Å². The van der Waals surface area contributed by atoms with Gasteiger partial charge in [0, 0.05) is 23.4 Å². The Balaban J connectivity index is 2.71. The molecule has 0 amide bonds. The molecule has 1 atom stereocenters. The molecule has 1 heterocycles. The van der Waals surface area contributed by atoms with Crippen molar-refractivity contribution < 1.29 is 13.5 Å². The van der Waals surface area contributed by atoms with Crippen LogP contribution in [0.25, 0.3) is 0 Å². The minimum Gasteiger partial charge on any atom is -0.391 e. The molecular weight excluding hydrogens is 332 g/mol. The zero-order valence-corrected chi connectivity index (χ0v) is 13.4. The van der Waals surface area contributed by atoms with Crippen molar-refractivity contribution in [2.24, 2.45) is 5.92 Å². The molecule has 0 radical (unpaired) electrons. The first-order chi connectivity index (χ1) is 8.90. The minimum atomic E-state index is -3.63. The maximum Gasteiger partial charge on any atom is 0.242 e. The first-order valence-corrected chi connectivity index (χ1v) is 8.46. The molecule has 0 aromatic carbocycles. The van der Waals surface area contributed by atoms with Crippen molar-refractivity contribution in [2.45, 2.75) is 37.7 Å². The normalized spacial score (nSPS) is 13.7. The van der Waals surface area contributed by atoms with Crippen LogP contribution in [0.2, 0.25) is 0 Å². The van der Waals surface area contributed by atoms with Gasteiger partial charge in [-0.1, -0.05) is 26.7 Å². The van der Waals surface area contributed by atoms with Crippen molar-refractivity contribution in [3.8, 4) is 0 Å². The van der Waals surface area contributed by atoms with Gasteiger partial charge >= 0.3 is 0 Å². The van der Waals surface area contributed by atoms with E-state index < -0.39 is 16.1 Å². The summed E-state index contributed by atoms with van der Waals surface area (Å²) in [6.45, 7) is 3.97. The number of nitrogens with one attached hydrogen (secondary N) is 1. The minimum absolute atomic E-state index is 0.0151. The molecule has 0 aliphatic heterocycles. The molecule has 0 saturated heterocycles. The lowest BCUT2D eigenvalue weighted by molar-refractivity contribution is 0.107. The predicted molar refractivity (Wildman–Crippen MR) is 77.2 cm³/mol. The van der Waals surface area contributed by atoms with E-state index in [-0.39, 0.29) is 17.4 Å². The van der Waals surface area contributed by atoms with E-state index in [1.54, 1.807) is 0 Å². The summed E-state index contributed by atoms with van der Waals surface area (Å²) in [7, 11) is -3.63. The third kappa shape index (κ3) is 4.83. The molecule has 0 fully saturated rings. The van der Waals surface area contributed by atoms with Crippen LogP contribution in [-0.4, -0.2) is 31.2 Å². The quantitative estimate of drug-likeness (QED) is 0.787. The Labute approximate surface area is 122 Å². The van der Waals surface area contributed by atoms with Gasteiger partial charge in [0.2, 0.25) is 10.0 Å². The van der Waals surface area contributed by atoms with E-state index in [4.69, 9.17) is 0 Å². The highest BCUT2D eigenvalue weighted by Crippen LogP contribution is 2.16. The number of aliphatic hydroxyl groups is 1. The number of hydrogen-bond donors (Lipinski definition) is 2. The second kappa shape index (κ2) is 7.33. The fourth-order valence-electron chi connectivity index (χ4n) is 1.82. The molecule has 1 aromatic rings. The van der Waals surface area contributed by atoms with Crippen molar-refractivity contribution in [1.82, 2.24) is 9.71 Å². The molecule has 2 N–H and O–H groups in total. The number of aliphatic hydroxyl groups excluding tert-OH is 1. The molecule has 0 bridgehead atoms. The molecule has 19 heavy (non-hydrogen) atoms. The summed E-state index contributed by atoms with van der Waals surface area (Å²) < 4.78 is 27.0. The smallest absolute Gasteiger partial charge is 0.242 e. The molecule has 0 aliphatic rings. The molecule has 0 spiro atoms. The molecular formula is C12H19BrN2O3S. The Morgan fingerprint density at radius 2 is 2.00 bits per heavy atom. The van der Waals surface area contributed by atoms with E-state index in [1.165, 1.54) is 18.5 Å². The topological polar surface area (TPSA) is 79.3 Å². The lowest BCUT2D eigenvalue weighted by atomic mass is 9.97. The molecule has 108 valence electrons. The average Bonchev–Trinajstić information content (AvgIpc) is 2.38. The SMILES string of the molecule is CCC(CC)C(O)CNS(=O)(=O)c1cncc(Br)c1. The number of nitrogens with zero attached hydrogens (tertiary/aromatic N) is 1. The fourth-order valence-corrected chi connectivity index (χ4v) is 3.37. The van der Waals surface area contributed by atoms with E-state index in [0.717, 1.165) is 12.8 Å². The highest BCUT2D eigenvalue weighted by atomic mass is 79.9. The average molecular weight is 351 g/mol. The van der Waals surface area contributed by atoms with Gasteiger partial charge in [-0.15, -0.1) is 0 Å². The van der Waals surface area contributed by atoms with Crippen LogP contribution in [0.4, 0.5) is 0 Å². The van der Waals surface area contributed by atoms with E-state index in [9.17, 15) is 13.5 Å². The van der Waals surface area contributed by atoms with Gasteiger partial charge in [-0.2, -0.15) is 0 Å². The van der Waals surface area contributed by atoms with Crippen LogP contribution in [0, 0.1) is 5.92 Å². The second-order valence-corrected chi connectivity index (χ2v) is 7.02. The number of aromatic nitrogens is 1. The van der Waals surface area contributed by atoms with Crippen LogP contribution in [0.3, 0.4) is 0 Å². The summed E-state index contributed by atoms with van der Waals surface area (Å²) >= 11 is 3.18. The van der Waals surface area contributed by atoms with Crippen molar-refractivity contribution in [3.05, 3.63) is 22.9 Å². The van der Waals surface area contributed by atoms with Crippen LogP contribution in [-0.2, 0) is 10.0 Å². The standard InChI is InChI=1S/C12H19BrN2O3S/c1-3-9(4-2)12(16)8-15-19(17,18)11-5-10(13)6-14-7-11/h5-7,9,12,15-16H,3-4,8H2,1-2H3. The van der Waals surface area contributed by atoms with E-state index in [1.807, 2.05) is 13.8 Å². The maximum atomic E-state index is 12.0. The third-order valence-corrected chi connectivity index (χ3v) is 4.89. The zero-order valence-electron chi connectivity index (χ0n) is 11.0. The number of hydrogen-bond acceptors (Lipinski definition) is 4. The van der Waals surface area contributed by atoms with Crippen molar-refractivity contribution >= 4 is 26.0 Å². The van der Waals surface area contributed by atoms with Crippen molar-refractivity contribution in [1.29, 1.82) is 0 Å². The monoisotopic (exact) mass is 350 g/mol. The number of rotatable bonds is 7. The van der Waals surface area contributed by atoms with E-state index in [2.05, 4.69) is 25.6 Å². The Morgan fingerprint density at radius 1 is 1.37 bits per heavy atom. The largest absolute Gasteiger partial charge is 0.391 e. The Hall–Kier alpha value is -0.500. The molecule has 1 unspecified atom stereocenters. The van der Waals surface area contributed by atoms with Gasteiger partial charge < -0.3 is 5.11 Å². The summed E-state index contributed by atoms with van der Waals surface area (Å²) in [5.41, 5.74) is 0. The fraction of sp³-hybridized carbons (Fsp3) is 0.583. The third-order valence-electron chi connectivity index (χ3n) is 3.07. The highest BCUT2D eigenvalue weighted by molar-refractivity contribution is 9.10. The summed E-state index contributed by atoms with van der Waals surface area (Å²) in [5, 5.41) is 9.92. The lowest BCUT2D eigenvalue weighted by Gasteiger charge is -2.20. The first-order valence-electron chi connectivity index (χ1n) is 6.19. The van der Waals surface area contributed by atoms with Crippen LogP contribution < -0.4 is 4.72 Å².